The quantitative estimate of drug-likeness (QED) is 0.741. The maximum absolute atomic E-state index is 14.1. The van der Waals surface area contributed by atoms with Crippen LogP contribution in [-0.2, 0) is 14.8 Å². The Bertz CT molecular complexity index is 996. The van der Waals surface area contributed by atoms with Crippen LogP contribution in [0.3, 0.4) is 0 Å². The van der Waals surface area contributed by atoms with Crippen molar-refractivity contribution in [3.8, 4) is 11.5 Å². The van der Waals surface area contributed by atoms with Crippen molar-refractivity contribution in [1.29, 1.82) is 0 Å². The SMILES string of the molecule is CCOc1ccc(NC(=O)C2CCCN2S(=O)(=O)c2ccccc2F)cc1OC. The summed E-state index contributed by atoms with van der Waals surface area (Å²) in [6.45, 7) is 2.47. The molecule has 1 aliphatic rings. The van der Waals surface area contributed by atoms with Gasteiger partial charge in [0.1, 0.15) is 16.8 Å². The van der Waals surface area contributed by atoms with Crippen molar-refractivity contribution in [2.45, 2.75) is 30.7 Å². The Labute approximate surface area is 169 Å². The third-order valence-electron chi connectivity index (χ3n) is 4.66. The fourth-order valence-corrected chi connectivity index (χ4v) is 5.04. The molecule has 1 saturated heterocycles. The topological polar surface area (TPSA) is 84.9 Å². The van der Waals surface area contributed by atoms with Crippen LogP contribution in [0.4, 0.5) is 10.1 Å². The van der Waals surface area contributed by atoms with Gasteiger partial charge in [0.15, 0.2) is 11.5 Å². The number of ether oxygens (including phenoxy) is 2. The summed E-state index contributed by atoms with van der Waals surface area (Å²) in [4.78, 5) is 12.4. The Morgan fingerprint density at radius 3 is 2.69 bits per heavy atom. The summed E-state index contributed by atoms with van der Waals surface area (Å²) in [7, 11) is -2.64. The van der Waals surface area contributed by atoms with Crippen LogP contribution >= 0.6 is 0 Å². The van der Waals surface area contributed by atoms with E-state index in [2.05, 4.69) is 5.32 Å². The van der Waals surface area contributed by atoms with Gasteiger partial charge in [-0.15, -0.1) is 0 Å². The first-order valence-corrected chi connectivity index (χ1v) is 10.7. The minimum atomic E-state index is -4.13. The van der Waals surface area contributed by atoms with Crippen molar-refractivity contribution in [2.24, 2.45) is 0 Å². The molecule has 7 nitrogen and oxygen atoms in total. The molecule has 2 aromatic carbocycles. The van der Waals surface area contributed by atoms with Crippen LogP contribution < -0.4 is 14.8 Å². The van der Waals surface area contributed by atoms with Gasteiger partial charge in [0, 0.05) is 18.3 Å². The Hall–Kier alpha value is -2.65. The second-order valence-corrected chi connectivity index (χ2v) is 8.35. The molecule has 29 heavy (non-hydrogen) atoms. The summed E-state index contributed by atoms with van der Waals surface area (Å²) in [6, 6.07) is 9.16. The van der Waals surface area contributed by atoms with Crippen molar-refractivity contribution in [2.75, 3.05) is 25.6 Å². The van der Waals surface area contributed by atoms with Crippen molar-refractivity contribution < 1.29 is 27.1 Å². The second kappa shape index (κ2) is 8.79. The van der Waals surface area contributed by atoms with Gasteiger partial charge in [-0.2, -0.15) is 4.31 Å². The molecule has 1 fully saturated rings. The number of nitrogens with one attached hydrogen (secondary N) is 1. The van der Waals surface area contributed by atoms with E-state index in [4.69, 9.17) is 9.47 Å². The number of hydrogen-bond donors (Lipinski definition) is 1. The van der Waals surface area contributed by atoms with Gasteiger partial charge in [-0.1, -0.05) is 12.1 Å². The number of carbonyl (C=O) groups excluding carboxylic acids is 1. The number of benzene rings is 2. The number of halogens is 1. The van der Waals surface area contributed by atoms with Gasteiger partial charge < -0.3 is 14.8 Å². The normalized spacial score (nSPS) is 17.1. The maximum Gasteiger partial charge on any atom is 0.246 e. The molecule has 0 radical (unpaired) electrons. The Morgan fingerprint density at radius 2 is 2.00 bits per heavy atom. The minimum Gasteiger partial charge on any atom is -0.493 e. The third-order valence-corrected chi connectivity index (χ3v) is 6.60. The van der Waals surface area contributed by atoms with E-state index in [9.17, 15) is 17.6 Å². The molecule has 1 heterocycles. The third kappa shape index (κ3) is 4.35. The molecule has 1 amide bonds. The molecule has 0 aromatic heterocycles. The van der Waals surface area contributed by atoms with Gasteiger partial charge in [0.05, 0.1) is 13.7 Å². The maximum atomic E-state index is 14.1. The van der Waals surface area contributed by atoms with Crippen molar-refractivity contribution in [3.05, 3.63) is 48.3 Å². The monoisotopic (exact) mass is 422 g/mol. The van der Waals surface area contributed by atoms with Crippen LogP contribution in [0.1, 0.15) is 19.8 Å². The minimum absolute atomic E-state index is 0.154. The lowest BCUT2D eigenvalue weighted by atomic mass is 10.2. The van der Waals surface area contributed by atoms with Crippen LogP contribution in [0, 0.1) is 5.82 Å². The molecule has 0 spiro atoms. The van der Waals surface area contributed by atoms with E-state index in [0.717, 1.165) is 10.4 Å². The Morgan fingerprint density at radius 1 is 1.24 bits per heavy atom. The molecule has 1 atom stereocenters. The summed E-state index contributed by atoms with van der Waals surface area (Å²) in [6.07, 6.45) is 0.867. The van der Waals surface area contributed by atoms with Gasteiger partial charge in [-0.05, 0) is 44.0 Å². The van der Waals surface area contributed by atoms with Crippen molar-refractivity contribution in [1.82, 2.24) is 4.31 Å². The molecular formula is C20H23FN2O5S. The van der Waals surface area contributed by atoms with E-state index in [-0.39, 0.29) is 6.54 Å². The summed E-state index contributed by atoms with van der Waals surface area (Å²) < 4.78 is 51.7. The number of anilines is 1. The van der Waals surface area contributed by atoms with Crippen molar-refractivity contribution in [3.63, 3.8) is 0 Å². The molecule has 3 rings (SSSR count). The van der Waals surface area contributed by atoms with Crippen LogP contribution in [0.5, 0.6) is 11.5 Å². The average molecular weight is 422 g/mol. The molecule has 156 valence electrons. The Balaban J connectivity index is 1.81. The van der Waals surface area contributed by atoms with Gasteiger partial charge in [-0.25, -0.2) is 12.8 Å². The molecule has 1 unspecified atom stereocenters. The van der Waals surface area contributed by atoms with Crippen LogP contribution in [0.15, 0.2) is 47.4 Å². The van der Waals surface area contributed by atoms with Gasteiger partial charge in [-0.3, -0.25) is 4.79 Å². The number of carbonyl (C=O) groups is 1. The lowest BCUT2D eigenvalue weighted by Crippen LogP contribution is -2.43. The summed E-state index contributed by atoms with van der Waals surface area (Å²) in [5.74, 6) is -0.326. The fourth-order valence-electron chi connectivity index (χ4n) is 3.32. The number of methoxy groups -OCH3 is 1. The predicted octanol–water partition coefficient (Wildman–Crippen LogP) is 3.02. The smallest absolute Gasteiger partial charge is 0.246 e. The zero-order chi connectivity index (χ0) is 21.0. The highest BCUT2D eigenvalue weighted by atomic mass is 32.2. The molecule has 0 saturated carbocycles. The Kier molecular flexibility index (Phi) is 6.39. The molecule has 1 N–H and O–H groups in total. The lowest BCUT2D eigenvalue weighted by molar-refractivity contribution is -0.119. The first kappa shape index (κ1) is 21.1. The predicted molar refractivity (Wildman–Crippen MR) is 106 cm³/mol. The summed E-state index contributed by atoms with van der Waals surface area (Å²) in [5, 5.41) is 2.72. The highest BCUT2D eigenvalue weighted by Crippen LogP contribution is 2.32. The van der Waals surface area contributed by atoms with E-state index < -0.39 is 32.7 Å². The molecule has 9 heteroatoms. The largest absolute Gasteiger partial charge is 0.493 e. The number of nitrogens with zero attached hydrogens (tertiary/aromatic N) is 1. The van der Waals surface area contributed by atoms with E-state index in [1.54, 1.807) is 18.2 Å². The van der Waals surface area contributed by atoms with Crippen molar-refractivity contribution >= 4 is 21.6 Å². The molecule has 0 aliphatic carbocycles. The van der Waals surface area contributed by atoms with Crippen LogP contribution in [0.25, 0.3) is 0 Å². The van der Waals surface area contributed by atoms with E-state index in [1.165, 1.54) is 25.3 Å². The highest BCUT2D eigenvalue weighted by molar-refractivity contribution is 7.89. The molecule has 1 aliphatic heterocycles. The lowest BCUT2D eigenvalue weighted by Gasteiger charge is -2.23. The number of rotatable bonds is 7. The van der Waals surface area contributed by atoms with Gasteiger partial charge in [0.25, 0.3) is 0 Å². The first-order valence-electron chi connectivity index (χ1n) is 9.26. The number of sulfonamides is 1. The summed E-state index contributed by atoms with van der Waals surface area (Å²) >= 11 is 0. The van der Waals surface area contributed by atoms with E-state index in [0.29, 0.717) is 36.6 Å². The van der Waals surface area contributed by atoms with E-state index in [1.807, 2.05) is 6.92 Å². The van der Waals surface area contributed by atoms with Gasteiger partial charge in [0.2, 0.25) is 15.9 Å². The zero-order valence-electron chi connectivity index (χ0n) is 16.2. The summed E-state index contributed by atoms with van der Waals surface area (Å²) in [5.41, 5.74) is 0.449. The van der Waals surface area contributed by atoms with Crippen LogP contribution in [0.2, 0.25) is 0 Å². The molecule has 0 bridgehead atoms. The standard InChI is InChI=1S/C20H23FN2O5S/c1-3-28-17-11-10-14(13-18(17)27-2)22-20(24)16-8-6-12-23(16)29(25,26)19-9-5-4-7-15(19)21/h4-5,7,9-11,13,16H,3,6,8,12H2,1-2H3,(H,22,24). The van der Waals surface area contributed by atoms with E-state index >= 15 is 0 Å². The second-order valence-electron chi connectivity index (χ2n) is 6.49. The molecule has 2 aromatic rings. The zero-order valence-corrected chi connectivity index (χ0v) is 17.0. The number of hydrogen-bond acceptors (Lipinski definition) is 5. The van der Waals surface area contributed by atoms with Gasteiger partial charge >= 0.3 is 0 Å². The van der Waals surface area contributed by atoms with Crippen LogP contribution in [-0.4, -0.2) is 44.9 Å². The molecular weight excluding hydrogens is 399 g/mol. The highest BCUT2D eigenvalue weighted by Gasteiger charge is 2.40. The fraction of sp³-hybridized carbons (Fsp3) is 0.350. The number of amides is 1. The average Bonchev–Trinajstić information content (AvgIpc) is 3.20. The first-order chi connectivity index (χ1) is 13.9.